The average molecular weight is 286 g/mol. The van der Waals surface area contributed by atoms with Crippen molar-refractivity contribution in [1.82, 2.24) is 9.97 Å². The molecule has 3 rings (SSSR count). The van der Waals surface area contributed by atoms with E-state index >= 15 is 0 Å². The molecule has 0 unspecified atom stereocenters. The third kappa shape index (κ3) is 3.07. The van der Waals surface area contributed by atoms with E-state index in [1.807, 2.05) is 0 Å². The molecule has 108 valence electrons. The van der Waals surface area contributed by atoms with Crippen LogP contribution in [0.15, 0.2) is 30.3 Å². The van der Waals surface area contributed by atoms with Crippen molar-refractivity contribution in [2.24, 2.45) is 0 Å². The van der Waals surface area contributed by atoms with Gasteiger partial charge in [-0.05, 0) is 25.0 Å². The van der Waals surface area contributed by atoms with Gasteiger partial charge in [-0.15, -0.1) is 0 Å². The number of aromatic nitrogens is 2. The molecule has 0 bridgehead atoms. The second-order valence-electron chi connectivity index (χ2n) is 4.83. The summed E-state index contributed by atoms with van der Waals surface area (Å²) in [4.78, 5) is 19.0. The smallest absolute Gasteiger partial charge is 0.269 e. The Labute approximate surface area is 121 Å². The van der Waals surface area contributed by atoms with Crippen LogP contribution in [0, 0.1) is 10.1 Å². The summed E-state index contributed by atoms with van der Waals surface area (Å²) in [5.74, 6) is 2.83. The van der Waals surface area contributed by atoms with E-state index in [0.717, 1.165) is 18.7 Å². The van der Waals surface area contributed by atoms with Crippen LogP contribution >= 0.6 is 0 Å². The summed E-state index contributed by atoms with van der Waals surface area (Å²) in [5.41, 5.74) is 0.0274. The van der Waals surface area contributed by atoms with Gasteiger partial charge in [0.25, 0.3) is 5.69 Å². The molecule has 7 heteroatoms. The number of nitro groups is 1. The van der Waals surface area contributed by atoms with Crippen LogP contribution < -0.4 is 10.1 Å². The summed E-state index contributed by atoms with van der Waals surface area (Å²) in [7, 11) is 1.79. The van der Waals surface area contributed by atoms with Gasteiger partial charge < -0.3 is 10.1 Å². The van der Waals surface area contributed by atoms with Gasteiger partial charge in [0.1, 0.15) is 17.4 Å². The van der Waals surface area contributed by atoms with E-state index in [1.165, 1.54) is 12.1 Å². The van der Waals surface area contributed by atoms with E-state index in [2.05, 4.69) is 15.3 Å². The van der Waals surface area contributed by atoms with Crippen molar-refractivity contribution in [3.05, 3.63) is 46.3 Å². The number of nitrogens with one attached hydrogen (secondary N) is 1. The third-order valence-corrected chi connectivity index (χ3v) is 3.19. The Hall–Kier alpha value is -2.70. The molecule has 0 atom stereocenters. The topological polar surface area (TPSA) is 90.2 Å². The molecule has 7 nitrogen and oxygen atoms in total. The van der Waals surface area contributed by atoms with Gasteiger partial charge in [0.15, 0.2) is 0 Å². The average Bonchev–Trinajstić information content (AvgIpc) is 3.32. The largest absolute Gasteiger partial charge is 0.439 e. The summed E-state index contributed by atoms with van der Waals surface area (Å²) in [6.07, 6.45) is 2.20. The molecule has 1 aliphatic carbocycles. The zero-order valence-corrected chi connectivity index (χ0v) is 11.4. The minimum absolute atomic E-state index is 0.0274. The Morgan fingerprint density at radius 3 is 2.57 bits per heavy atom. The van der Waals surface area contributed by atoms with Crippen LogP contribution in [0.5, 0.6) is 11.6 Å². The van der Waals surface area contributed by atoms with Crippen LogP contribution in [0.2, 0.25) is 0 Å². The van der Waals surface area contributed by atoms with Gasteiger partial charge in [-0.3, -0.25) is 10.1 Å². The number of benzene rings is 1. The fourth-order valence-corrected chi connectivity index (χ4v) is 1.90. The number of nitrogens with zero attached hydrogens (tertiary/aromatic N) is 3. The summed E-state index contributed by atoms with van der Waals surface area (Å²) in [5, 5.41) is 13.6. The standard InChI is InChI=1S/C14H14N4O3/c1-15-12-8-13(17-14(16-12)9-2-3-9)21-11-6-4-10(5-7-11)18(19)20/h4-9H,2-3H2,1H3,(H,15,16,17). The van der Waals surface area contributed by atoms with Crippen LogP contribution in [0.25, 0.3) is 0 Å². The number of nitro benzene ring substituents is 1. The molecule has 0 saturated heterocycles. The van der Waals surface area contributed by atoms with E-state index in [4.69, 9.17) is 4.74 Å². The predicted octanol–water partition coefficient (Wildman–Crippen LogP) is 3.10. The Bertz CT molecular complexity index is 668. The van der Waals surface area contributed by atoms with Gasteiger partial charge in [0.05, 0.1) is 4.92 Å². The van der Waals surface area contributed by atoms with Crippen molar-refractivity contribution in [2.45, 2.75) is 18.8 Å². The Morgan fingerprint density at radius 1 is 1.29 bits per heavy atom. The molecule has 21 heavy (non-hydrogen) atoms. The first-order chi connectivity index (χ1) is 10.2. The molecule has 1 aliphatic rings. The minimum atomic E-state index is -0.446. The zero-order valence-electron chi connectivity index (χ0n) is 11.4. The predicted molar refractivity (Wildman–Crippen MR) is 76.7 cm³/mol. The summed E-state index contributed by atoms with van der Waals surface area (Å²) < 4.78 is 5.66. The quantitative estimate of drug-likeness (QED) is 0.671. The second-order valence-corrected chi connectivity index (χ2v) is 4.83. The molecule has 0 radical (unpaired) electrons. The van der Waals surface area contributed by atoms with E-state index in [9.17, 15) is 10.1 Å². The van der Waals surface area contributed by atoms with Crippen LogP contribution in [0.1, 0.15) is 24.6 Å². The molecule has 1 saturated carbocycles. The number of non-ortho nitro benzene ring substituents is 1. The van der Waals surface area contributed by atoms with Crippen LogP contribution in [-0.4, -0.2) is 21.9 Å². The first-order valence-electron chi connectivity index (χ1n) is 6.65. The first kappa shape index (κ1) is 13.3. The van der Waals surface area contributed by atoms with Crippen LogP contribution in [-0.2, 0) is 0 Å². The summed E-state index contributed by atoms with van der Waals surface area (Å²) in [6, 6.07) is 7.61. The highest BCUT2D eigenvalue weighted by Crippen LogP contribution is 2.39. The van der Waals surface area contributed by atoms with Gasteiger partial charge in [-0.2, -0.15) is 4.98 Å². The SMILES string of the molecule is CNc1cc(Oc2ccc([N+](=O)[O-])cc2)nc(C2CC2)n1. The van der Waals surface area contributed by atoms with Crippen LogP contribution in [0.3, 0.4) is 0 Å². The molecule has 1 N–H and O–H groups in total. The third-order valence-electron chi connectivity index (χ3n) is 3.19. The molecule has 1 fully saturated rings. The highest BCUT2D eigenvalue weighted by molar-refractivity contribution is 5.42. The maximum Gasteiger partial charge on any atom is 0.269 e. The number of ether oxygens (including phenoxy) is 1. The van der Waals surface area contributed by atoms with Crippen molar-refractivity contribution < 1.29 is 9.66 Å². The lowest BCUT2D eigenvalue weighted by molar-refractivity contribution is -0.384. The van der Waals surface area contributed by atoms with Crippen molar-refractivity contribution in [1.29, 1.82) is 0 Å². The van der Waals surface area contributed by atoms with E-state index in [0.29, 0.717) is 23.4 Å². The fourth-order valence-electron chi connectivity index (χ4n) is 1.90. The monoisotopic (exact) mass is 286 g/mol. The maximum absolute atomic E-state index is 10.6. The minimum Gasteiger partial charge on any atom is -0.439 e. The van der Waals surface area contributed by atoms with Gasteiger partial charge in [-0.25, -0.2) is 4.98 Å². The van der Waals surface area contributed by atoms with E-state index < -0.39 is 4.92 Å². The fraction of sp³-hybridized carbons (Fsp3) is 0.286. The lowest BCUT2D eigenvalue weighted by atomic mass is 10.3. The molecule has 2 aromatic rings. The normalized spacial score (nSPS) is 13.8. The lowest BCUT2D eigenvalue weighted by Crippen LogP contribution is -2.01. The molecular formula is C14H14N4O3. The Morgan fingerprint density at radius 2 is 2.00 bits per heavy atom. The number of anilines is 1. The van der Waals surface area contributed by atoms with Crippen molar-refractivity contribution >= 4 is 11.5 Å². The second kappa shape index (κ2) is 5.35. The lowest BCUT2D eigenvalue weighted by Gasteiger charge is -2.08. The molecule has 0 amide bonds. The van der Waals surface area contributed by atoms with E-state index in [1.54, 1.807) is 25.2 Å². The van der Waals surface area contributed by atoms with Gasteiger partial charge in [-0.1, -0.05) is 0 Å². The summed E-state index contributed by atoms with van der Waals surface area (Å²) in [6.45, 7) is 0. The number of rotatable bonds is 5. The first-order valence-corrected chi connectivity index (χ1v) is 6.65. The number of hydrogen-bond donors (Lipinski definition) is 1. The molecule has 1 aromatic heterocycles. The van der Waals surface area contributed by atoms with Crippen LogP contribution in [0.4, 0.5) is 11.5 Å². The highest BCUT2D eigenvalue weighted by atomic mass is 16.6. The molecule has 0 spiro atoms. The van der Waals surface area contributed by atoms with Gasteiger partial charge in [0.2, 0.25) is 5.88 Å². The van der Waals surface area contributed by atoms with Crippen molar-refractivity contribution in [3.8, 4) is 11.6 Å². The van der Waals surface area contributed by atoms with Crippen molar-refractivity contribution in [2.75, 3.05) is 12.4 Å². The van der Waals surface area contributed by atoms with Gasteiger partial charge in [0, 0.05) is 31.2 Å². The Balaban J connectivity index is 1.83. The highest BCUT2D eigenvalue weighted by Gasteiger charge is 2.27. The van der Waals surface area contributed by atoms with E-state index in [-0.39, 0.29) is 5.69 Å². The zero-order chi connectivity index (χ0) is 14.8. The van der Waals surface area contributed by atoms with Gasteiger partial charge >= 0.3 is 0 Å². The molecule has 1 aromatic carbocycles. The van der Waals surface area contributed by atoms with Crippen molar-refractivity contribution in [3.63, 3.8) is 0 Å². The molecule has 1 heterocycles. The molecule has 0 aliphatic heterocycles. The maximum atomic E-state index is 10.6. The molecular weight excluding hydrogens is 272 g/mol. The Kier molecular flexibility index (Phi) is 3.39. The number of hydrogen-bond acceptors (Lipinski definition) is 6. The summed E-state index contributed by atoms with van der Waals surface area (Å²) >= 11 is 0.